The molecule has 0 atom stereocenters. The van der Waals surface area contributed by atoms with E-state index in [-0.39, 0.29) is 11.7 Å². The predicted molar refractivity (Wildman–Crippen MR) is 136 cm³/mol. The van der Waals surface area contributed by atoms with Crippen molar-refractivity contribution in [2.24, 2.45) is 0 Å². The van der Waals surface area contributed by atoms with Crippen molar-refractivity contribution in [3.05, 3.63) is 83.3 Å². The molecular formula is C25H23BrN4O2S. The molecule has 4 rings (SSSR count). The van der Waals surface area contributed by atoms with Gasteiger partial charge in [-0.3, -0.25) is 9.36 Å². The molecule has 33 heavy (non-hydrogen) atoms. The number of para-hydroxylation sites is 1. The van der Waals surface area contributed by atoms with E-state index in [0.29, 0.717) is 17.6 Å². The molecule has 0 aliphatic heterocycles. The average Bonchev–Trinajstić information content (AvgIpc) is 3.27. The number of benzene rings is 3. The summed E-state index contributed by atoms with van der Waals surface area (Å²) in [7, 11) is 1.78. The van der Waals surface area contributed by atoms with Gasteiger partial charge in [-0.05, 0) is 55.5 Å². The second-order valence-electron chi connectivity index (χ2n) is 7.15. The van der Waals surface area contributed by atoms with E-state index < -0.39 is 0 Å². The molecule has 8 heteroatoms. The van der Waals surface area contributed by atoms with E-state index in [1.54, 1.807) is 11.9 Å². The van der Waals surface area contributed by atoms with Crippen molar-refractivity contribution in [2.45, 2.75) is 12.1 Å². The number of amides is 1. The molecule has 1 aromatic heterocycles. The average molecular weight is 523 g/mol. The summed E-state index contributed by atoms with van der Waals surface area (Å²) in [5.74, 6) is 1.73. The number of carbonyl (C=O) groups is 1. The van der Waals surface area contributed by atoms with Gasteiger partial charge in [-0.1, -0.05) is 58.0 Å². The summed E-state index contributed by atoms with van der Waals surface area (Å²) in [5, 5.41) is 9.51. The third kappa shape index (κ3) is 5.46. The molecule has 6 nitrogen and oxygen atoms in total. The van der Waals surface area contributed by atoms with Crippen LogP contribution in [0.25, 0.3) is 17.1 Å². The molecule has 0 aliphatic rings. The van der Waals surface area contributed by atoms with Crippen LogP contribution < -0.4 is 9.64 Å². The molecule has 0 aliphatic carbocycles. The molecule has 0 saturated carbocycles. The normalized spacial score (nSPS) is 10.8. The Bertz CT molecular complexity index is 1210. The molecule has 0 spiro atoms. The molecule has 0 bridgehead atoms. The Morgan fingerprint density at radius 3 is 2.36 bits per heavy atom. The highest BCUT2D eigenvalue weighted by Gasteiger charge is 2.19. The van der Waals surface area contributed by atoms with E-state index in [1.807, 2.05) is 90.4 Å². The highest BCUT2D eigenvalue weighted by Crippen LogP contribution is 2.30. The van der Waals surface area contributed by atoms with Gasteiger partial charge in [0.2, 0.25) is 5.91 Å². The number of halogens is 1. The van der Waals surface area contributed by atoms with Crippen LogP contribution in [0.3, 0.4) is 0 Å². The number of nitrogens with zero attached hydrogens (tertiary/aromatic N) is 4. The predicted octanol–water partition coefficient (Wildman–Crippen LogP) is 5.85. The Kier molecular flexibility index (Phi) is 7.47. The fourth-order valence-corrected chi connectivity index (χ4v) is 4.39. The summed E-state index contributed by atoms with van der Waals surface area (Å²) in [4.78, 5) is 14.5. The highest BCUT2D eigenvalue weighted by atomic mass is 79.9. The lowest BCUT2D eigenvalue weighted by molar-refractivity contribution is -0.115. The molecule has 0 fully saturated rings. The van der Waals surface area contributed by atoms with Crippen LogP contribution >= 0.6 is 27.7 Å². The Morgan fingerprint density at radius 2 is 1.70 bits per heavy atom. The minimum Gasteiger partial charge on any atom is -0.494 e. The van der Waals surface area contributed by atoms with Crippen LogP contribution in [0, 0.1) is 0 Å². The largest absolute Gasteiger partial charge is 0.494 e. The number of hydrogen-bond acceptors (Lipinski definition) is 5. The maximum Gasteiger partial charge on any atom is 0.237 e. The standard InChI is InChI=1S/C25H23BrN4O2S/c1-3-32-22-15-13-21(14-16-22)30-24(18-9-11-19(26)12-10-18)27-28-25(30)33-17-23(31)29(2)20-7-5-4-6-8-20/h4-16H,3,17H2,1-2H3. The van der Waals surface area contributed by atoms with Crippen molar-refractivity contribution in [3.63, 3.8) is 0 Å². The van der Waals surface area contributed by atoms with Gasteiger partial charge in [0.05, 0.1) is 12.4 Å². The molecule has 168 valence electrons. The lowest BCUT2D eigenvalue weighted by Crippen LogP contribution is -2.27. The molecule has 0 unspecified atom stereocenters. The molecule has 3 aromatic carbocycles. The van der Waals surface area contributed by atoms with Crippen LogP contribution in [0.2, 0.25) is 0 Å². The molecule has 0 N–H and O–H groups in total. The van der Waals surface area contributed by atoms with E-state index >= 15 is 0 Å². The lowest BCUT2D eigenvalue weighted by atomic mass is 10.2. The van der Waals surface area contributed by atoms with Gasteiger partial charge in [0, 0.05) is 28.5 Å². The molecule has 0 radical (unpaired) electrons. The van der Waals surface area contributed by atoms with Gasteiger partial charge < -0.3 is 9.64 Å². The molecule has 1 heterocycles. The zero-order chi connectivity index (χ0) is 23.2. The van der Waals surface area contributed by atoms with Gasteiger partial charge >= 0.3 is 0 Å². The number of ether oxygens (including phenoxy) is 1. The van der Waals surface area contributed by atoms with Crippen molar-refractivity contribution in [1.82, 2.24) is 14.8 Å². The van der Waals surface area contributed by atoms with Crippen molar-refractivity contribution >= 4 is 39.3 Å². The van der Waals surface area contributed by atoms with E-state index in [0.717, 1.165) is 27.2 Å². The fraction of sp³-hybridized carbons (Fsp3) is 0.160. The van der Waals surface area contributed by atoms with Gasteiger partial charge in [-0.15, -0.1) is 10.2 Å². The number of aromatic nitrogens is 3. The van der Waals surface area contributed by atoms with E-state index in [2.05, 4.69) is 26.1 Å². The first-order chi connectivity index (χ1) is 16.1. The van der Waals surface area contributed by atoms with Crippen molar-refractivity contribution in [2.75, 3.05) is 24.3 Å². The zero-order valence-corrected chi connectivity index (χ0v) is 20.7. The summed E-state index contributed by atoms with van der Waals surface area (Å²) in [6.45, 7) is 2.56. The smallest absolute Gasteiger partial charge is 0.237 e. The summed E-state index contributed by atoms with van der Waals surface area (Å²) in [6, 6.07) is 25.3. The zero-order valence-electron chi connectivity index (χ0n) is 18.3. The maximum atomic E-state index is 12.8. The molecule has 4 aromatic rings. The van der Waals surface area contributed by atoms with Crippen molar-refractivity contribution in [3.8, 4) is 22.8 Å². The van der Waals surface area contributed by atoms with Crippen LogP contribution in [0.1, 0.15) is 6.92 Å². The first-order valence-electron chi connectivity index (χ1n) is 10.5. The van der Waals surface area contributed by atoms with Crippen molar-refractivity contribution in [1.29, 1.82) is 0 Å². The van der Waals surface area contributed by atoms with Crippen molar-refractivity contribution < 1.29 is 9.53 Å². The summed E-state index contributed by atoms with van der Waals surface area (Å²) in [6.07, 6.45) is 0. The van der Waals surface area contributed by atoms with Gasteiger partial charge in [0.15, 0.2) is 11.0 Å². The highest BCUT2D eigenvalue weighted by molar-refractivity contribution is 9.10. The molecule has 1 amide bonds. The second-order valence-corrected chi connectivity index (χ2v) is 9.01. The Morgan fingerprint density at radius 1 is 1.00 bits per heavy atom. The number of anilines is 1. The molecule has 0 saturated heterocycles. The second kappa shape index (κ2) is 10.7. The quantitative estimate of drug-likeness (QED) is 0.271. The number of thioether (sulfide) groups is 1. The fourth-order valence-electron chi connectivity index (χ4n) is 3.26. The number of carbonyl (C=O) groups excluding carboxylic acids is 1. The topological polar surface area (TPSA) is 60.2 Å². The minimum absolute atomic E-state index is 0.0161. The molecular weight excluding hydrogens is 500 g/mol. The van der Waals surface area contributed by atoms with Gasteiger partial charge in [-0.25, -0.2) is 0 Å². The summed E-state index contributed by atoms with van der Waals surface area (Å²) < 4.78 is 8.54. The van der Waals surface area contributed by atoms with E-state index in [1.165, 1.54) is 11.8 Å². The monoisotopic (exact) mass is 522 g/mol. The van der Waals surface area contributed by atoms with Gasteiger partial charge in [-0.2, -0.15) is 0 Å². The summed E-state index contributed by atoms with van der Waals surface area (Å²) >= 11 is 4.84. The van der Waals surface area contributed by atoms with Crippen LogP contribution in [0.4, 0.5) is 5.69 Å². The number of hydrogen-bond donors (Lipinski definition) is 0. The Balaban J connectivity index is 1.63. The lowest BCUT2D eigenvalue weighted by Gasteiger charge is -2.17. The minimum atomic E-state index is -0.0161. The third-order valence-electron chi connectivity index (χ3n) is 4.98. The Hall–Kier alpha value is -3.10. The maximum absolute atomic E-state index is 12.8. The first-order valence-corrected chi connectivity index (χ1v) is 12.2. The third-order valence-corrected chi connectivity index (χ3v) is 6.43. The SMILES string of the molecule is CCOc1ccc(-n2c(SCC(=O)N(C)c3ccccc3)nnc2-c2ccc(Br)cc2)cc1. The van der Waals surface area contributed by atoms with Crippen LogP contribution in [-0.2, 0) is 4.79 Å². The Labute approximate surface area is 205 Å². The van der Waals surface area contributed by atoms with Crippen LogP contribution in [0.5, 0.6) is 5.75 Å². The van der Waals surface area contributed by atoms with E-state index in [9.17, 15) is 4.79 Å². The van der Waals surface area contributed by atoms with Crippen LogP contribution in [0.15, 0.2) is 88.5 Å². The first kappa shape index (κ1) is 23.1. The van der Waals surface area contributed by atoms with Gasteiger partial charge in [0.25, 0.3) is 0 Å². The van der Waals surface area contributed by atoms with Crippen LogP contribution in [-0.4, -0.2) is 40.1 Å². The number of rotatable bonds is 8. The van der Waals surface area contributed by atoms with Gasteiger partial charge in [0.1, 0.15) is 5.75 Å². The van der Waals surface area contributed by atoms with E-state index in [4.69, 9.17) is 4.74 Å². The summed E-state index contributed by atoms with van der Waals surface area (Å²) in [5.41, 5.74) is 2.68.